The summed E-state index contributed by atoms with van der Waals surface area (Å²) < 4.78 is 2.12. The highest BCUT2D eigenvalue weighted by molar-refractivity contribution is 7.99. The summed E-state index contributed by atoms with van der Waals surface area (Å²) in [6.45, 7) is 2.02. The van der Waals surface area contributed by atoms with E-state index in [1.165, 1.54) is 0 Å². The first-order valence-electron chi connectivity index (χ1n) is 6.53. The van der Waals surface area contributed by atoms with E-state index in [9.17, 15) is 0 Å². The number of fused-ring (bicyclic) bond motifs is 1. The largest absolute Gasteiger partial charge is 0.328 e. The first-order valence-corrected chi connectivity index (χ1v) is 7.35. The zero-order valence-corrected chi connectivity index (χ0v) is 12.0. The maximum atomic E-state index is 5.98. The lowest BCUT2D eigenvalue weighted by Crippen LogP contribution is -2.19. The molecule has 5 heteroatoms. The van der Waals surface area contributed by atoms with Crippen LogP contribution in [-0.4, -0.2) is 20.4 Å². The SMILES string of the molecule is CC(N)Cc1c(Sc2ccncc2)nc2ccccn12. The molecule has 102 valence electrons. The van der Waals surface area contributed by atoms with Crippen molar-refractivity contribution in [3.63, 3.8) is 0 Å². The molecule has 1 unspecified atom stereocenters. The highest BCUT2D eigenvalue weighted by Gasteiger charge is 2.14. The average Bonchev–Trinajstić information content (AvgIpc) is 2.78. The van der Waals surface area contributed by atoms with Crippen LogP contribution in [0.2, 0.25) is 0 Å². The monoisotopic (exact) mass is 284 g/mol. The molecule has 0 radical (unpaired) electrons. The molecule has 4 nitrogen and oxygen atoms in total. The van der Waals surface area contributed by atoms with Gasteiger partial charge in [-0.3, -0.25) is 4.98 Å². The zero-order valence-electron chi connectivity index (χ0n) is 11.2. The van der Waals surface area contributed by atoms with E-state index in [0.29, 0.717) is 0 Å². The molecule has 0 saturated carbocycles. The van der Waals surface area contributed by atoms with Gasteiger partial charge in [-0.1, -0.05) is 17.8 Å². The standard InChI is InChI=1S/C15H16N4S/c1-11(16)10-13-15(20-12-5-7-17-8-6-12)18-14-4-2-3-9-19(13)14/h2-9,11H,10,16H2,1H3. The van der Waals surface area contributed by atoms with Crippen molar-refractivity contribution in [3.8, 4) is 0 Å². The second-order valence-corrected chi connectivity index (χ2v) is 5.82. The minimum atomic E-state index is 0.104. The van der Waals surface area contributed by atoms with E-state index in [1.807, 2.05) is 43.5 Å². The number of hydrogen-bond donors (Lipinski definition) is 1. The van der Waals surface area contributed by atoms with E-state index < -0.39 is 0 Å². The van der Waals surface area contributed by atoms with Crippen LogP contribution in [0.15, 0.2) is 58.8 Å². The van der Waals surface area contributed by atoms with Crippen LogP contribution < -0.4 is 5.73 Å². The fourth-order valence-corrected chi connectivity index (χ4v) is 3.04. The average molecular weight is 284 g/mol. The molecule has 3 aromatic heterocycles. The molecule has 2 N–H and O–H groups in total. The summed E-state index contributed by atoms with van der Waals surface area (Å²) in [4.78, 5) is 9.89. The molecule has 0 aliphatic carbocycles. The number of hydrogen-bond acceptors (Lipinski definition) is 4. The van der Waals surface area contributed by atoms with Gasteiger partial charge in [-0.2, -0.15) is 0 Å². The Kier molecular flexibility index (Phi) is 3.71. The van der Waals surface area contributed by atoms with Crippen molar-refractivity contribution in [2.75, 3.05) is 0 Å². The summed E-state index contributed by atoms with van der Waals surface area (Å²) in [7, 11) is 0. The fourth-order valence-electron chi connectivity index (χ4n) is 2.12. The van der Waals surface area contributed by atoms with Crippen molar-refractivity contribution < 1.29 is 0 Å². The molecule has 0 aliphatic heterocycles. The van der Waals surface area contributed by atoms with E-state index in [-0.39, 0.29) is 6.04 Å². The lowest BCUT2D eigenvalue weighted by atomic mass is 10.2. The quantitative estimate of drug-likeness (QED) is 0.800. The molecule has 0 amide bonds. The third kappa shape index (κ3) is 2.69. The Hall–Kier alpha value is -1.85. The van der Waals surface area contributed by atoms with E-state index in [2.05, 4.69) is 9.38 Å². The van der Waals surface area contributed by atoms with Gasteiger partial charge in [-0.15, -0.1) is 0 Å². The normalized spacial score (nSPS) is 12.7. The van der Waals surface area contributed by atoms with Crippen LogP contribution in [0.25, 0.3) is 5.65 Å². The lowest BCUT2D eigenvalue weighted by molar-refractivity contribution is 0.705. The Balaban J connectivity index is 2.04. The van der Waals surface area contributed by atoms with Crippen LogP contribution in [0.5, 0.6) is 0 Å². The van der Waals surface area contributed by atoms with Gasteiger partial charge < -0.3 is 10.1 Å². The van der Waals surface area contributed by atoms with Crippen LogP contribution in [-0.2, 0) is 6.42 Å². The number of aromatic nitrogens is 3. The van der Waals surface area contributed by atoms with Crippen LogP contribution in [0.1, 0.15) is 12.6 Å². The molecule has 0 aliphatic rings. The Morgan fingerprint density at radius 1 is 1.25 bits per heavy atom. The first-order chi connectivity index (χ1) is 9.74. The van der Waals surface area contributed by atoms with E-state index in [4.69, 9.17) is 10.7 Å². The number of nitrogens with two attached hydrogens (primary N) is 1. The topological polar surface area (TPSA) is 56.2 Å². The Labute approximate surface area is 122 Å². The Morgan fingerprint density at radius 3 is 2.80 bits per heavy atom. The van der Waals surface area contributed by atoms with Crippen LogP contribution >= 0.6 is 11.8 Å². The van der Waals surface area contributed by atoms with E-state index >= 15 is 0 Å². The summed E-state index contributed by atoms with van der Waals surface area (Å²) in [6, 6.07) is 10.1. The van der Waals surface area contributed by atoms with Gasteiger partial charge >= 0.3 is 0 Å². The molecule has 0 saturated heterocycles. The summed E-state index contributed by atoms with van der Waals surface area (Å²) >= 11 is 1.65. The van der Waals surface area contributed by atoms with Gasteiger partial charge in [0.2, 0.25) is 0 Å². The van der Waals surface area contributed by atoms with Crippen molar-refractivity contribution >= 4 is 17.4 Å². The van der Waals surface area contributed by atoms with E-state index in [0.717, 1.165) is 27.7 Å². The van der Waals surface area contributed by atoms with Gasteiger partial charge in [-0.25, -0.2) is 4.98 Å². The van der Waals surface area contributed by atoms with Gasteiger partial charge in [0.1, 0.15) is 10.7 Å². The van der Waals surface area contributed by atoms with Gasteiger partial charge in [-0.05, 0) is 31.2 Å². The molecule has 0 bridgehead atoms. The summed E-state index contributed by atoms with van der Waals surface area (Å²) in [5, 5.41) is 1.01. The van der Waals surface area contributed by atoms with Crippen molar-refractivity contribution in [1.82, 2.24) is 14.4 Å². The van der Waals surface area contributed by atoms with Crippen molar-refractivity contribution in [2.24, 2.45) is 5.73 Å². The van der Waals surface area contributed by atoms with Crippen LogP contribution in [0, 0.1) is 0 Å². The van der Waals surface area contributed by atoms with Crippen molar-refractivity contribution in [1.29, 1.82) is 0 Å². The van der Waals surface area contributed by atoms with Gasteiger partial charge in [0, 0.05) is 35.9 Å². The number of imidazole rings is 1. The number of rotatable bonds is 4. The third-order valence-electron chi connectivity index (χ3n) is 2.97. The van der Waals surface area contributed by atoms with Crippen molar-refractivity contribution in [3.05, 3.63) is 54.6 Å². The van der Waals surface area contributed by atoms with Gasteiger partial charge in [0.25, 0.3) is 0 Å². The molecule has 20 heavy (non-hydrogen) atoms. The molecule has 3 rings (SSSR count). The Morgan fingerprint density at radius 2 is 2.05 bits per heavy atom. The first kappa shape index (κ1) is 13.1. The highest BCUT2D eigenvalue weighted by Crippen LogP contribution is 2.30. The molecule has 0 fully saturated rings. The summed E-state index contributed by atoms with van der Waals surface area (Å²) in [5.41, 5.74) is 8.10. The molecular formula is C15H16N4S. The second kappa shape index (κ2) is 5.64. The molecule has 1 atom stereocenters. The molecular weight excluding hydrogens is 268 g/mol. The third-order valence-corrected chi connectivity index (χ3v) is 4.00. The molecule has 3 heterocycles. The minimum absolute atomic E-state index is 0.104. The van der Waals surface area contributed by atoms with Crippen LogP contribution in [0.4, 0.5) is 0 Å². The van der Waals surface area contributed by atoms with Gasteiger partial charge in [0.05, 0.1) is 5.69 Å². The second-order valence-electron chi connectivity index (χ2n) is 4.76. The molecule has 0 aromatic carbocycles. The van der Waals surface area contributed by atoms with Gasteiger partial charge in [0.15, 0.2) is 0 Å². The Bertz CT molecular complexity index is 706. The van der Waals surface area contributed by atoms with Crippen LogP contribution in [0.3, 0.4) is 0 Å². The number of pyridine rings is 2. The molecule has 0 spiro atoms. The van der Waals surface area contributed by atoms with Crippen molar-refractivity contribution in [2.45, 2.75) is 29.3 Å². The predicted octanol–water partition coefficient (Wildman–Crippen LogP) is 2.77. The lowest BCUT2D eigenvalue weighted by Gasteiger charge is -2.07. The fraction of sp³-hybridized carbons (Fsp3) is 0.200. The highest BCUT2D eigenvalue weighted by atomic mass is 32.2. The predicted molar refractivity (Wildman–Crippen MR) is 80.9 cm³/mol. The number of nitrogens with zero attached hydrogens (tertiary/aromatic N) is 3. The summed E-state index contributed by atoms with van der Waals surface area (Å²) in [5.74, 6) is 0. The maximum Gasteiger partial charge on any atom is 0.138 e. The molecule has 3 aromatic rings. The van der Waals surface area contributed by atoms with E-state index in [1.54, 1.807) is 24.2 Å². The summed E-state index contributed by atoms with van der Waals surface area (Å²) in [6.07, 6.45) is 6.43. The maximum absolute atomic E-state index is 5.98. The zero-order chi connectivity index (χ0) is 13.9. The minimum Gasteiger partial charge on any atom is -0.328 e. The smallest absolute Gasteiger partial charge is 0.138 e.